The van der Waals surface area contributed by atoms with E-state index in [2.05, 4.69) is 4.98 Å². The maximum absolute atomic E-state index is 12.1. The summed E-state index contributed by atoms with van der Waals surface area (Å²) in [6, 6.07) is 7.97. The summed E-state index contributed by atoms with van der Waals surface area (Å²) in [4.78, 5) is 16.5. The quantitative estimate of drug-likeness (QED) is 0.773. The Hall–Kier alpha value is -0.870. The fourth-order valence-electron chi connectivity index (χ4n) is 1.26. The number of rotatable bonds is 3. The van der Waals surface area contributed by atoms with Crippen LogP contribution in [0.2, 0.25) is 0 Å². The first-order valence-electron chi connectivity index (χ1n) is 5.61. The van der Waals surface area contributed by atoms with Gasteiger partial charge in [0.2, 0.25) is 5.12 Å². The average Bonchev–Trinajstić information content (AvgIpc) is 2.70. The molecule has 4 heteroatoms. The van der Waals surface area contributed by atoms with Gasteiger partial charge >= 0.3 is 0 Å². The lowest BCUT2D eigenvalue weighted by molar-refractivity contribution is -0.118. The Morgan fingerprint density at radius 2 is 2.12 bits per heavy atom. The molecule has 0 saturated heterocycles. The Bertz CT molecular complexity index is 512. The fraction of sp³-hybridized carbons (Fsp3) is 0.385. The third kappa shape index (κ3) is 2.69. The monoisotopic (exact) mass is 265 g/mol. The molecule has 0 bridgehead atoms. The Morgan fingerprint density at radius 1 is 1.41 bits per heavy atom. The first-order chi connectivity index (χ1) is 8.03. The molecule has 0 saturated carbocycles. The third-order valence-corrected chi connectivity index (χ3v) is 5.23. The summed E-state index contributed by atoms with van der Waals surface area (Å²) in [5, 5.41) is 0.194. The van der Waals surface area contributed by atoms with Crippen molar-refractivity contribution in [2.75, 3.05) is 0 Å². The van der Waals surface area contributed by atoms with Crippen LogP contribution in [0.3, 0.4) is 0 Å². The van der Waals surface area contributed by atoms with Gasteiger partial charge in [-0.3, -0.25) is 4.79 Å². The van der Waals surface area contributed by atoms with Crippen molar-refractivity contribution in [1.82, 2.24) is 4.98 Å². The highest BCUT2D eigenvalue weighted by molar-refractivity contribution is 8.15. The van der Waals surface area contributed by atoms with Gasteiger partial charge in [-0.15, -0.1) is 11.3 Å². The second-order valence-corrected chi connectivity index (χ2v) is 6.83. The van der Waals surface area contributed by atoms with Crippen molar-refractivity contribution in [3.8, 4) is 0 Å². The van der Waals surface area contributed by atoms with Crippen LogP contribution in [-0.2, 0) is 4.79 Å². The molecule has 0 aliphatic heterocycles. The van der Waals surface area contributed by atoms with Crippen LogP contribution in [0.15, 0.2) is 28.6 Å². The predicted octanol–water partition coefficient (Wildman–Crippen LogP) is 4.35. The molecule has 0 radical (unpaired) electrons. The average molecular weight is 265 g/mol. The largest absolute Gasteiger partial charge is 0.286 e. The Labute approximate surface area is 109 Å². The summed E-state index contributed by atoms with van der Waals surface area (Å²) in [7, 11) is 0. The Balaban J connectivity index is 2.22. The number of thiazole rings is 1. The number of benzene rings is 1. The van der Waals surface area contributed by atoms with E-state index in [-0.39, 0.29) is 10.5 Å². The topological polar surface area (TPSA) is 30.0 Å². The van der Waals surface area contributed by atoms with Crippen molar-refractivity contribution < 1.29 is 4.79 Å². The number of aromatic nitrogens is 1. The summed E-state index contributed by atoms with van der Waals surface area (Å²) in [6.07, 6.45) is 0.851. The maximum atomic E-state index is 12.1. The second kappa shape index (κ2) is 4.78. The highest BCUT2D eigenvalue weighted by atomic mass is 32.2. The molecule has 0 N–H and O–H groups in total. The van der Waals surface area contributed by atoms with Gasteiger partial charge in [0, 0.05) is 5.41 Å². The van der Waals surface area contributed by atoms with Crippen molar-refractivity contribution in [2.45, 2.75) is 31.5 Å². The van der Waals surface area contributed by atoms with E-state index in [1.165, 1.54) is 11.8 Å². The number of hydrogen-bond acceptors (Lipinski definition) is 4. The lowest BCUT2D eigenvalue weighted by atomic mass is 9.92. The van der Waals surface area contributed by atoms with Crippen molar-refractivity contribution in [1.29, 1.82) is 0 Å². The van der Waals surface area contributed by atoms with Gasteiger partial charge in [0.05, 0.1) is 10.2 Å². The fourth-order valence-corrected chi connectivity index (χ4v) is 3.34. The first kappa shape index (κ1) is 12.6. The molecule has 90 valence electrons. The smallest absolute Gasteiger partial charge is 0.201 e. The van der Waals surface area contributed by atoms with Crippen molar-refractivity contribution >= 4 is 38.4 Å². The van der Waals surface area contributed by atoms with E-state index in [0.717, 1.165) is 21.0 Å². The molecule has 0 aliphatic rings. The summed E-state index contributed by atoms with van der Waals surface area (Å²) < 4.78 is 1.98. The van der Waals surface area contributed by atoms with Crippen LogP contribution >= 0.6 is 23.1 Å². The number of thioether (sulfide) groups is 1. The molecule has 1 heterocycles. The van der Waals surface area contributed by atoms with Gasteiger partial charge in [-0.25, -0.2) is 4.98 Å². The van der Waals surface area contributed by atoms with Gasteiger partial charge in [0.25, 0.3) is 0 Å². The van der Waals surface area contributed by atoms with Crippen molar-refractivity contribution in [3.63, 3.8) is 0 Å². The number of fused-ring (bicyclic) bond motifs is 1. The molecular weight excluding hydrogens is 250 g/mol. The number of hydrogen-bond donors (Lipinski definition) is 0. The zero-order valence-electron chi connectivity index (χ0n) is 10.2. The summed E-state index contributed by atoms with van der Waals surface area (Å²) in [5.74, 6) is 0. The van der Waals surface area contributed by atoms with E-state index >= 15 is 0 Å². The zero-order chi connectivity index (χ0) is 12.5. The standard InChI is InChI=1S/C13H15NOS2/c1-4-13(2,3)11(15)17-12-14-9-7-5-6-8-10(9)16-12/h5-8H,4H2,1-3H3. The molecule has 1 aromatic heterocycles. The van der Waals surface area contributed by atoms with Crippen molar-refractivity contribution in [2.24, 2.45) is 5.41 Å². The molecule has 0 amide bonds. The highest BCUT2D eigenvalue weighted by Crippen LogP contribution is 2.35. The summed E-state index contributed by atoms with van der Waals surface area (Å²) in [6.45, 7) is 6.00. The van der Waals surface area contributed by atoms with Crippen LogP contribution in [0, 0.1) is 5.41 Å². The predicted molar refractivity (Wildman–Crippen MR) is 74.6 cm³/mol. The molecule has 17 heavy (non-hydrogen) atoms. The van der Waals surface area contributed by atoms with Crippen molar-refractivity contribution in [3.05, 3.63) is 24.3 Å². The van der Waals surface area contributed by atoms with Crippen LogP contribution in [0.25, 0.3) is 10.2 Å². The molecule has 2 aromatic rings. The molecule has 1 aromatic carbocycles. The minimum Gasteiger partial charge on any atom is -0.286 e. The number of para-hydroxylation sites is 1. The molecule has 0 unspecified atom stereocenters. The third-order valence-electron chi connectivity index (χ3n) is 2.89. The van der Waals surface area contributed by atoms with Crippen LogP contribution in [-0.4, -0.2) is 10.1 Å². The lowest BCUT2D eigenvalue weighted by Gasteiger charge is -2.18. The van der Waals surface area contributed by atoms with Gasteiger partial charge in [0.1, 0.15) is 0 Å². The van der Waals surface area contributed by atoms with Gasteiger partial charge in [-0.1, -0.05) is 32.9 Å². The van der Waals surface area contributed by atoms with Gasteiger partial charge in [0.15, 0.2) is 4.34 Å². The van der Waals surface area contributed by atoms with E-state index in [4.69, 9.17) is 0 Å². The first-order valence-corrected chi connectivity index (χ1v) is 7.24. The highest BCUT2D eigenvalue weighted by Gasteiger charge is 2.27. The number of nitrogens with zero attached hydrogens (tertiary/aromatic N) is 1. The SMILES string of the molecule is CCC(C)(C)C(=O)Sc1nc2ccccc2s1. The molecule has 0 spiro atoms. The summed E-state index contributed by atoms with van der Waals surface area (Å²) in [5.41, 5.74) is 0.699. The van der Waals surface area contributed by atoms with Gasteiger partial charge in [-0.2, -0.15) is 0 Å². The van der Waals surface area contributed by atoms with Crippen LogP contribution in [0.5, 0.6) is 0 Å². The van der Waals surface area contributed by atoms with E-state index in [9.17, 15) is 4.79 Å². The molecule has 2 rings (SSSR count). The molecule has 0 aliphatic carbocycles. The minimum atomic E-state index is -0.275. The molecule has 0 atom stereocenters. The zero-order valence-corrected chi connectivity index (χ0v) is 11.8. The Kier molecular flexibility index (Phi) is 3.54. The maximum Gasteiger partial charge on any atom is 0.201 e. The van der Waals surface area contributed by atoms with Crippen LogP contribution < -0.4 is 0 Å². The van der Waals surface area contributed by atoms with Gasteiger partial charge < -0.3 is 0 Å². The Morgan fingerprint density at radius 3 is 2.76 bits per heavy atom. The van der Waals surface area contributed by atoms with Crippen LogP contribution in [0.1, 0.15) is 27.2 Å². The number of carbonyl (C=O) groups is 1. The second-order valence-electron chi connectivity index (χ2n) is 4.57. The molecule has 2 nitrogen and oxygen atoms in total. The van der Waals surface area contributed by atoms with E-state index in [0.29, 0.717) is 0 Å². The summed E-state index contributed by atoms with van der Waals surface area (Å²) >= 11 is 2.85. The molecular formula is C13H15NOS2. The minimum absolute atomic E-state index is 0.194. The van der Waals surface area contributed by atoms with E-state index < -0.39 is 0 Å². The van der Waals surface area contributed by atoms with Crippen LogP contribution in [0.4, 0.5) is 0 Å². The van der Waals surface area contributed by atoms with E-state index in [1.807, 2.05) is 45.0 Å². The number of carbonyl (C=O) groups excluding carboxylic acids is 1. The van der Waals surface area contributed by atoms with E-state index in [1.54, 1.807) is 11.3 Å². The van der Waals surface area contributed by atoms with Gasteiger partial charge in [-0.05, 0) is 30.3 Å². The molecule has 0 fully saturated rings. The lowest BCUT2D eigenvalue weighted by Crippen LogP contribution is -2.19. The normalized spacial score (nSPS) is 11.9.